The third-order valence-corrected chi connectivity index (χ3v) is 3.65. The Bertz CT molecular complexity index is 654. The lowest BCUT2D eigenvalue weighted by atomic mass is 10.1. The summed E-state index contributed by atoms with van der Waals surface area (Å²) in [6.45, 7) is 10.5. The maximum Gasteiger partial charge on any atom is 0.408 e. The Labute approximate surface area is 186 Å². The maximum atomic E-state index is 12.0. The Morgan fingerprint density at radius 3 is 2.32 bits per heavy atom. The zero-order chi connectivity index (χ0) is 20.7. The number of amides is 1. The number of guanidine groups is 1. The normalized spacial score (nSPS) is 11.9. The van der Waals surface area contributed by atoms with Gasteiger partial charge in [-0.1, -0.05) is 12.1 Å². The zero-order valence-corrected chi connectivity index (χ0v) is 20.7. The molecule has 0 unspecified atom stereocenters. The number of nitrogens with one attached hydrogen (secondary N) is 3. The number of ether oxygens (including phenoxy) is 1. The molecule has 0 atom stereocenters. The van der Waals surface area contributed by atoms with Crippen LogP contribution in [0.2, 0.25) is 0 Å². The first-order chi connectivity index (χ1) is 12.4. The molecule has 0 aromatic heterocycles. The second-order valence-corrected chi connectivity index (χ2v) is 8.35. The van der Waals surface area contributed by atoms with Crippen molar-refractivity contribution in [1.82, 2.24) is 16.0 Å². The Balaban J connectivity index is 0.00000729. The monoisotopic (exact) mass is 505 g/mol. The molecule has 0 bridgehead atoms. The second-order valence-electron chi connectivity index (χ2n) is 8.35. The van der Waals surface area contributed by atoms with Gasteiger partial charge in [0.25, 0.3) is 0 Å². The van der Waals surface area contributed by atoms with Gasteiger partial charge < -0.3 is 25.6 Å². The van der Waals surface area contributed by atoms with Gasteiger partial charge in [-0.05, 0) is 52.3 Å². The lowest BCUT2D eigenvalue weighted by molar-refractivity contribution is 0.0474. The van der Waals surface area contributed by atoms with E-state index in [4.69, 9.17) is 4.74 Å². The van der Waals surface area contributed by atoms with Gasteiger partial charge in [-0.25, -0.2) is 4.79 Å². The number of benzene rings is 1. The number of carbonyl (C=O) groups excluding carboxylic acids is 1. The molecule has 28 heavy (non-hydrogen) atoms. The molecule has 1 aromatic rings. The molecule has 160 valence electrons. The van der Waals surface area contributed by atoms with Crippen LogP contribution in [0.1, 0.15) is 40.2 Å². The van der Waals surface area contributed by atoms with Crippen LogP contribution in [0.4, 0.5) is 10.5 Å². The van der Waals surface area contributed by atoms with E-state index in [1.54, 1.807) is 7.05 Å². The van der Waals surface area contributed by atoms with Crippen LogP contribution in [0, 0.1) is 0 Å². The van der Waals surface area contributed by atoms with Crippen molar-refractivity contribution in [3.8, 4) is 0 Å². The van der Waals surface area contributed by atoms with Crippen molar-refractivity contribution >= 4 is 41.7 Å². The Morgan fingerprint density at radius 2 is 1.79 bits per heavy atom. The molecule has 0 aliphatic rings. The maximum absolute atomic E-state index is 12.0. The molecule has 1 amide bonds. The van der Waals surface area contributed by atoms with Gasteiger partial charge in [0.2, 0.25) is 0 Å². The summed E-state index contributed by atoms with van der Waals surface area (Å²) in [5.41, 5.74) is 1.30. The fourth-order valence-corrected chi connectivity index (χ4v) is 2.28. The van der Waals surface area contributed by atoms with Crippen molar-refractivity contribution in [2.24, 2.45) is 4.99 Å². The van der Waals surface area contributed by atoms with E-state index in [9.17, 15) is 4.79 Å². The third kappa shape index (κ3) is 10.6. The Morgan fingerprint density at radius 1 is 1.14 bits per heavy atom. The molecule has 0 fully saturated rings. The molecule has 7 nitrogen and oxygen atoms in total. The van der Waals surface area contributed by atoms with E-state index in [2.05, 4.69) is 44.0 Å². The molecule has 0 heterocycles. The van der Waals surface area contributed by atoms with Gasteiger partial charge in [-0.3, -0.25) is 4.99 Å². The van der Waals surface area contributed by atoms with Crippen LogP contribution in [-0.4, -0.2) is 50.9 Å². The number of alkyl carbamates (subject to hydrolysis) is 1. The van der Waals surface area contributed by atoms with Crippen LogP contribution in [0.15, 0.2) is 29.3 Å². The highest BCUT2D eigenvalue weighted by molar-refractivity contribution is 14.0. The van der Waals surface area contributed by atoms with E-state index in [1.165, 1.54) is 0 Å². The summed E-state index contributed by atoms with van der Waals surface area (Å²) in [5, 5.41) is 9.41. The molecule has 0 saturated carbocycles. The molecule has 0 saturated heterocycles. The second kappa shape index (κ2) is 11.3. The van der Waals surface area contributed by atoms with Crippen molar-refractivity contribution in [2.75, 3.05) is 32.6 Å². The molecule has 0 spiro atoms. The molecule has 1 rings (SSSR count). The standard InChI is InChI=1S/C20H35N5O2.HI/c1-19(2,3)27-18(26)24-20(4,5)14-23-17(21-6)22-13-15-10-9-11-16(12-15)25(7)8;/h9-12H,13-14H2,1-8H3,(H,24,26)(H2,21,22,23);1H. The van der Waals surface area contributed by atoms with Crippen LogP contribution in [0.5, 0.6) is 0 Å². The summed E-state index contributed by atoms with van der Waals surface area (Å²) in [6.07, 6.45) is -0.433. The molecule has 3 N–H and O–H groups in total. The smallest absolute Gasteiger partial charge is 0.408 e. The fraction of sp³-hybridized carbons (Fsp3) is 0.600. The molecule has 0 aliphatic carbocycles. The van der Waals surface area contributed by atoms with Crippen LogP contribution < -0.4 is 20.9 Å². The van der Waals surface area contributed by atoms with Crippen molar-refractivity contribution in [3.05, 3.63) is 29.8 Å². The summed E-state index contributed by atoms with van der Waals surface area (Å²) in [5.74, 6) is 0.671. The SMILES string of the molecule is CN=C(NCc1cccc(N(C)C)c1)NCC(C)(C)NC(=O)OC(C)(C)C.I. The van der Waals surface area contributed by atoms with E-state index < -0.39 is 17.2 Å². The largest absolute Gasteiger partial charge is 0.444 e. The lowest BCUT2D eigenvalue weighted by Gasteiger charge is -2.29. The van der Waals surface area contributed by atoms with E-state index in [1.807, 2.05) is 54.8 Å². The number of rotatable bonds is 6. The van der Waals surface area contributed by atoms with Crippen molar-refractivity contribution in [1.29, 1.82) is 0 Å². The van der Waals surface area contributed by atoms with Gasteiger partial charge in [-0.15, -0.1) is 24.0 Å². The van der Waals surface area contributed by atoms with E-state index in [-0.39, 0.29) is 24.0 Å². The minimum atomic E-state index is -0.522. The molecular formula is C20H36IN5O2. The Hall–Kier alpha value is -1.71. The molecule has 1 aromatic carbocycles. The summed E-state index contributed by atoms with van der Waals surface area (Å²) >= 11 is 0. The predicted molar refractivity (Wildman–Crippen MR) is 128 cm³/mol. The molecule has 0 radical (unpaired) electrons. The number of nitrogens with zero attached hydrogens (tertiary/aromatic N) is 2. The minimum Gasteiger partial charge on any atom is -0.444 e. The molecular weight excluding hydrogens is 469 g/mol. The van der Waals surface area contributed by atoms with Gasteiger partial charge in [0, 0.05) is 39.9 Å². The van der Waals surface area contributed by atoms with Crippen molar-refractivity contribution < 1.29 is 9.53 Å². The topological polar surface area (TPSA) is 78.0 Å². The average Bonchev–Trinajstić information content (AvgIpc) is 2.52. The van der Waals surface area contributed by atoms with Crippen LogP contribution >= 0.6 is 24.0 Å². The first-order valence-corrected chi connectivity index (χ1v) is 9.14. The number of halogens is 1. The lowest BCUT2D eigenvalue weighted by Crippen LogP contribution is -2.54. The Kier molecular flexibility index (Phi) is 10.6. The summed E-state index contributed by atoms with van der Waals surface area (Å²) < 4.78 is 5.31. The predicted octanol–water partition coefficient (Wildman–Crippen LogP) is 3.34. The number of anilines is 1. The highest BCUT2D eigenvalue weighted by Gasteiger charge is 2.24. The minimum absolute atomic E-state index is 0. The van der Waals surface area contributed by atoms with Gasteiger partial charge >= 0.3 is 6.09 Å². The zero-order valence-electron chi connectivity index (χ0n) is 18.3. The van der Waals surface area contributed by atoms with Gasteiger partial charge in [0.05, 0.1) is 5.54 Å². The quantitative estimate of drug-likeness (QED) is 0.314. The average molecular weight is 505 g/mol. The molecule has 0 aliphatic heterocycles. The summed E-state index contributed by atoms with van der Waals surface area (Å²) in [6, 6.07) is 8.31. The van der Waals surface area contributed by atoms with Gasteiger partial charge in [-0.2, -0.15) is 0 Å². The van der Waals surface area contributed by atoms with Gasteiger partial charge in [0.1, 0.15) is 5.60 Å². The fourth-order valence-electron chi connectivity index (χ4n) is 2.28. The third-order valence-electron chi connectivity index (χ3n) is 3.65. The van der Waals surface area contributed by atoms with E-state index >= 15 is 0 Å². The highest BCUT2D eigenvalue weighted by atomic mass is 127. The van der Waals surface area contributed by atoms with Gasteiger partial charge in [0.15, 0.2) is 5.96 Å². The van der Waals surface area contributed by atoms with E-state index in [0.717, 1.165) is 11.3 Å². The first-order valence-electron chi connectivity index (χ1n) is 9.14. The van der Waals surface area contributed by atoms with Crippen molar-refractivity contribution in [3.63, 3.8) is 0 Å². The molecule has 8 heteroatoms. The van der Waals surface area contributed by atoms with Crippen molar-refractivity contribution in [2.45, 2.75) is 52.3 Å². The number of carbonyl (C=O) groups is 1. The summed E-state index contributed by atoms with van der Waals surface area (Å²) in [4.78, 5) is 18.3. The number of aliphatic imine (C=N–C) groups is 1. The van der Waals surface area contributed by atoms with Crippen LogP contribution in [-0.2, 0) is 11.3 Å². The van der Waals surface area contributed by atoms with Crippen LogP contribution in [0.3, 0.4) is 0 Å². The van der Waals surface area contributed by atoms with E-state index in [0.29, 0.717) is 19.0 Å². The summed E-state index contributed by atoms with van der Waals surface area (Å²) in [7, 11) is 5.76. The van der Waals surface area contributed by atoms with Crippen LogP contribution in [0.25, 0.3) is 0 Å². The first kappa shape index (κ1) is 26.3. The number of hydrogen-bond donors (Lipinski definition) is 3. The highest BCUT2D eigenvalue weighted by Crippen LogP contribution is 2.13. The number of hydrogen-bond acceptors (Lipinski definition) is 4.